The Morgan fingerprint density at radius 1 is 0.941 bits per heavy atom. The first-order valence-corrected chi connectivity index (χ1v) is 5.87. The van der Waals surface area contributed by atoms with Crippen molar-refractivity contribution in [3.63, 3.8) is 0 Å². The second-order valence-electron chi connectivity index (χ2n) is 6.39. The van der Waals surface area contributed by atoms with Gasteiger partial charge in [-0.2, -0.15) is 0 Å². The molecule has 0 aliphatic rings. The van der Waals surface area contributed by atoms with Gasteiger partial charge in [-0.15, -0.1) is 0 Å². The van der Waals surface area contributed by atoms with Gasteiger partial charge >= 0.3 is 0 Å². The van der Waals surface area contributed by atoms with Gasteiger partial charge in [-0.05, 0) is 27.5 Å². The van der Waals surface area contributed by atoms with Gasteiger partial charge in [-0.3, -0.25) is 0 Å². The summed E-state index contributed by atoms with van der Waals surface area (Å²) >= 11 is 0. The van der Waals surface area contributed by atoms with Crippen LogP contribution >= 0.6 is 0 Å². The fraction of sp³-hybridized carbons (Fsp3) is 0.571. The van der Waals surface area contributed by atoms with Gasteiger partial charge in [0.05, 0.1) is 0 Å². The Morgan fingerprint density at radius 2 is 1.35 bits per heavy atom. The molecule has 1 rings (SSSR count). The van der Waals surface area contributed by atoms with Gasteiger partial charge in [0.2, 0.25) is 0 Å². The van der Waals surface area contributed by atoms with E-state index in [1.165, 1.54) is 0 Å². The molecule has 0 spiro atoms. The first kappa shape index (κ1) is 13.6. The zero-order chi connectivity index (χ0) is 13.3. The minimum Gasteiger partial charge on any atom is -0.0617 e. The Labute approximate surface area is 103 Å². The Bertz CT molecular complexity index is 423. The maximum absolute atomic E-state index is 8.76. The summed E-state index contributed by atoms with van der Waals surface area (Å²) in [5.41, 5.74) is 11.7. The maximum Gasteiger partial charge on any atom is 0.0450 e. The minimum absolute atomic E-state index is 0.0230. The van der Waals surface area contributed by atoms with Crippen LogP contribution in [0.5, 0.6) is 0 Å². The number of benzene rings is 1. The van der Waals surface area contributed by atoms with E-state index in [1.54, 1.807) is 0 Å². The minimum atomic E-state index is -0.0230. The summed E-state index contributed by atoms with van der Waals surface area (Å²) in [6.07, 6.45) is 0. The van der Waals surface area contributed by atoms with Crippen molar-refractivity contribution in [2.75, 3.05) is 0 Å². The number of nitrogens with zero attached hydrogens (tertiary/aromatic N) is 3. The number of azide groups is 1. The monoisotopic (exact) mass is 231 g/mol. The highest BCUT2D eigenvalue weighted by atomic mass is 15.1. The van der Waals surface area contributed by atoms with Gasteiger partial charge in [0, 0.05) is 10.6 Å². The molecule has 0 heterocycles. The number of hydrogen-bond acceptors (Lipinski definition) is 1. The molecule has 0 amide bonds. The summed E-state index contributed by atoms with van der Waals surface area (Å²) in [5, 5.41) is 3.92. The van der Waals surface area contributed by atoms with Crippen LogP contribution in [-0.2, 0) is 10.8 Å². The zero-order valence-electron chi connectivity index (χ0n) is 11.6. The molecule has 1 aromatic carbocycles. The zero-order valence-corrected chi connectivity index (χ0v) is 11.6. The van der Waals surface area contributed by atoms with Crippen molar-refractivity contribution in [3.05, 3.63) is 39.8 Å². The molecule has 0 aliphatic heterocycles. The Morgan fingerprint density at radius 3 is 1.65 bits per heavy atom. The van der Waals surface area contributed by atoms with Crippen LogP contribution in [0.15, 0.2) is 23.3 Å². The van der Waals surface area contributed by atoms with Crippen molar-refractivity contribution in [1.82, 2.24) is 0 Å². The van der Waals surface area contributed by atoms with Crippen LogP contribution in [0.1, 0.15) is 52.7 Å². The topological polar surface area (TPSA) is 48.8 Å². The van der Waals surface area contributed by atoms with Crippen LogP contribution in [0.3, 0.4) is 0 Å². The molecule has 0 aliphatic carbocycles. The normalized spacial score (nSPS) is 12.1. The molecule has 0 unspecified atom stereocenters. The molecule has 92 valence electrons. The van der Waals surface area contributed by atoms with Crippen LogP contribution in [0.2, 0.25) is 0 Å². The van der Waals surface area contributed by atoms with Crippen molar-refractivity contribution in [2.45, 2.75) is 52.4 Å². The molecule has 0 saturated heterocycles. The Balaban J connectivity index is 3.60. The smallest absolute Gasteiger partial charge is 0.0450 e. The van der Waals surface area contributed by atoms with Crippen molar-refractivity contribution in [3.8, 4) is 0 Å². The molecule has 0 bridgehead atoms. The van der Waals surface area contributed by atoms with Gasteiger partial charge in [0.25, 0.3) is 0 Å². The van der Waals surface area contributed by atoms with Crippen LogP contribution in [0, 0.1) is 0 Å². The molecule has 0 atom stereocenters. The van der Waals surface area contributed by atoms with E-state index in [0.29, 0.717) is 0 Å². The highest BCUT2D eigenvalue weighted by Gasteiger charge is 2.24. The molecule has 0 aromatic heterocycles. The molecule has 0 fully saturated rings. The average Bonchev–Trinajstić information content (AvgIpc) is 2.15. The number of rotatable bonds is 1. The van der Waals surface area contributed by atoms with Gasteiger partial charge in [0.1, 0.15) is 0 Å². The van der Waals surface area contributed by atoms with Crippen LogP contribution in [0.25, 0.3) is 10.4 Å². The fourth-order valence-electron chi connectivity index (χ4n) is 1.91. The lowest BCUT2D eigenvalue weighted by Crippen LogP contribution is -2.16. The Kier molecular flexibility index (Phi) is 3.53. The average molecular weight is 231 g/mol. The second-order valence-corrected chi connectivity index (χ2v) is 6.39. The molecule has 0 saturated carbocycles. The first-order valence-electron chi connectivity index (χ1n) is 5.87. The highest BCUT2D eigenvalue weighted by molar-refractivity contribution is 5.58. The summed E-state index contributed by atoms with van der Waals surface area (Å²) in [4.78, 5) is 2.98. The summed E-state index contributed by atoms with van der Waals surface area (Å²) in [6.45, 7) is 12.8. The predicted octanol–water partition coefficient (Wildman–Crippen LogP) is 5.22. The van der Waals surface area contributed by atoms with Crippen molar-refractivity contribution >= 4 is 5.69 Å². The van der Waals surface area contributed by atoms with Crippen molar-refractivity contribution < 1.29 is 0 Å². The third kappa shape index (κ3) is 3.01. The molecule has 0 N–H and O–H groups in total. The number of hydrogen-bond donors (Lipinski definition) is 0. The van der Waals surface area contributed by atoms with E-state index in [4.69, 9.17) is 5.53 Å². The third-order valence-electron chi connectivity index (χ3n) is 2.80. The standard InChI is InChI=1S/C14H21N3/c1-13(2,3)10-8-7-9-11(14(4,5)6)12(10)16-17-15/h7-9H,1-6H3. The third-order valence-corrected chi connectivity index (χ3v) is 2.80. The predicted molar refractivity (Wildman–Crippen MR) is 72.6 cm³/mol. The van der Waals surface area contributed by atoms with E-state index in [1.807, 2.05) is 18.2 Å². The highest BCUT2D eigenvalue weighted by Crippen LogP contribution is 2.39. The van der Waals surface area contributed by atoms with Gasteiger partial charge in [-0.1, -0.05) is 64.9 Å². The van der Waals surface area contributed by atoms with Crippen LogP contribution in [0.4, 0.5) is 5.69 Å². The van der Waals surface area contributed by atoms with E-state index in [0.717, 1.165) is 16.8 Å². The summed E-state index contributed by atoms with van der Waals surface area (Å²) < 4.78 is 0. The first-order chi connectivity index (χ1) is 7.68. The van der Waals surface area contributed by atoms with E-state index in [-0.39, 0.29) is 10.8 Å². The van der Waals surface area contributed by atoms with Gasteiger partial charge in [0.15, 0.2) is 0 Å². The molecular formula is C14H21N3. The summed E-state index contributed by atoms with van der Waals surface area (Å²) in [7, 11) is 0. The lowest BCUT2D eigenvalue weighted by atomic mass is 9.79. The lowest BCUT2D eigenvalue weighted by molar-refractivity contribution is 0.570. The lowest BCUT2D eigenvalue weighted by Gasteiger charge is -2.27. The molecule has 0 radical (unpaired) electrons. The van der Waals surface area contributed by atoms with Gasteiger partial charge in [-0.25, -0.2) is 0 Å². The summed E-state index contributed by atoms with van der Waals surface area (Å²) in [5.74, 6) is 0. The SMILES string of the molecule is CC(C)(C)c1cccc(C(C)(C)C)c1N=[N+]=[N-]. The van der Waals surface area contributed by atoms with Crippen LogP contribution in [-0.4, -0.2) is 0 Å². The largest absolute Gasteiger partial charge is 0.0617 e. The maximum atomic E-state index is 8.76. The molecule has 17 heavy (non-hydrogen) atoms. The summed E-state index contributed by atoms with van der Waals surface area (Å²) in [6, 6.07) is 6.12. The molecule has 1 aromatic rings. The van der Waals surface area contributed by atoms with E-state index < -0.39 is 0 Å². The molecule has 3 heteroatoms. The molecule has 3 nitrogen and oxygen atoms in total. The second kappa shape index (κ2) is 4.42. The fourth-order valence-corrected chi connectivity index (χ4v) is 1.91. The van der Waals surface area contributed by atoms with E-state index in [2.05, 4.69) is 51.6 Å². The van der Waals surface area contributed by atoms with Gasteiger partial charge < -0.3 is 0 Å². The molecular weight excluding hydrogens is 210 g/mol. The van der Waals surface area contributed by atoms with Crippen molar-refractivity contribution in [1.29, 1.82) is 0 Å². The van der Waals surface area contributed by atoms with E-state index >= 15 is 0 Å². The van der Waals surface area contributed by atoms with Crippen molar-refractivity contribution in [2.24, 2.45) is 5.11 Å². The van der Waals surface area contributed by atoms with E-state index in [9.17, 15) is 0 Å². The van der Waals surface area contributed by atoms with Crippen LogP contribution < -0.4 is 0 Å². The quantitative estimate of drug-likeness (QED) is 0.361. The Hall–Kier alpha value is -1.47.